The molecular weight excluding hydrogens is 340 g/mol. The van der Waals surface area contributed by atoms with Crippen molar-refractivity contribution in [3.05, 3.63) is 73.3 Å². The van der Waals surface area contributed by atoms with Gasteiger partial charge in [-0.1, -0.05) is 42.5 Å². The molecule has 0 spiro atoms. The van der Waals surface area contributed by atoms with Crippen LogP contribution in [-0.2, 0) is 0 Å². The Morgan fingerprint density at radius 2 is 1.46 bits per heavy atom. The van der Waals surface area contributed by atoms with Crippen LogP contribution in [0.5, 0.6) is 0 Å². The molecule has 3 aromatic carbocycles. The number of para-hydroxylation sites is 1. The summed E-state index contributed by atoms with van der Waals surface area (Å²) in [5.74, 6) is 0.645. The van der Waals surface area contributed by atoms with E-state index < -0.39 is 0 Å². The van der Waals surface area contributed by atoms with Crippen LogP contribution in [0.25, 0.3) is 47.9 Å². The summed E-state index contributed by atoms with van der Waals surface area (Å²) in [6, 6.07) is 21.4. The van der Waals surface area contributed by atoms with E-state index in [2.05, 4.69) is 80.2 Å². The zero-order valence-corrected chi connectivity index (χ0v) is 14.4. The molecule has 0 unspecified atom stereocenters. The number of benzene rings is 3. The lowest BCUT2D eigenvalue weighted by atomic mass is 10.1. The van der Waals surface area contributed by atoms with E-state index in [4.69, 9.17) is 0 Å². The molecule has 0 aliphatic carbocycles. The summed E-state index contributed by atoms with van der Waals surface area (Å²) in [4.78, 5) is 12.7. The monoisotopic (exact) mass is 352 g/mol. The third-order valence-corrected chi connectivity index (χ3v) is 6.06. The van der Waals surface area contributed by atoms with Gasteiger partial charge in [0, 0.05) is 30.9 Å². The first-order valence-electron chi connectivity index (χ1n) is 8.37. The Morgan fingerprint density at radius 3 is 2.35 bits per heavy atom. The second-order valence-corrected chi connectivity index (χ2v) is 7.28. The molecular formula is C21H12N4S. The molecule has 0 aliphatic heterocycles. The first-order chi connectivity index (χ1) is 12.9. The van der Waals surface area contributed by atoms with Crippen molar-refractivity contribution >= 4 is 53.3 Å². The standard InChI is InChI=1S/C21H12N4S/c1-3-7-16-15(6-1)19-17(25(16)21-23-11-22-12-24-21)10-9-14-13-5-2-4-8-18(13)26-20(14)19/h1-12H. The Hall–Kier alpha value is -3.31. The van der Waals surface area contributed by atoms with E-state index in [1.54, 1.807) is 12.7 Å². The van der Waals surface area contributed by atoms with Crippen LogP contribution >= 0.6 is 11.3 Å². The maximum Gasteiger partial charge on any atom is 0.237 e. The molecule has 4 nitrogen and oxygen atoms in total. The van der Waals surface area contributed by atoms with Gasteiger partial charge in [0.05, 0.1) is 11.0 Å². The van der Waals surface area contributed by atoms with Crippen LogP contribution in [0, 0.1) is 0 Å². The minimum Gasteiger partial charge on any atom is -0.278 e. The molecule has 0 bridgehead atoms. The predicted molar refractivity (Wildman–Crippen MR) is 107 cm³/mol. The van der Waals surface area contributed by atoms with Gasteiger partial charge < -0.3 is 0 Å². The lowest BCUT2D eigenvalue weighted by Crippen LogP contribution is -2.00. The smallest absolute Gasteiger partial charge is 0.237 e. The minimum absolute atomic E-state index is 0.645. The van der Waals surface area contributed by atoms with Crippen LogP contribution in [-0.4, -0.2) is 19.5 Å². The fourth-order valence-corrected chi connectivity index (χ4v) is 5.06. The number of hydrogen-bond acceptors (Lipinski definition) is 4. The molecule has 0 radical (unpaired) electrons. The van der Waals surface area contributed by atoms with E-state index >= 15 is 0 Å². The number of nitrogens with zero attached hydrogens (tertiary/aromatic N) is 4. The molecule has 0 fully saturated rings. The van der Waals surface area contributed by atoms with Crippen molar-refractivity contribution in [2.45, 2.75) is 0 Å². The van der Waals surface area contributed by atoms with Crippen molar-refractivity contribution in [2.75, 3.05) is 0 Å². The summed E-state index contributed by atoms with van der Waals surface area (Å²) >= 11 is 1.85. The van der Waals surface area contributed by atoms with Crippen molar-refractivity contribution in [2.24, 2.45) is 0 Å². The van der Waals surface area contributed by atoms with Crippen molar-refractivity contribution in [3.63, 3.8) is 0 Å². The second-order valence-electron chi connectivity index (χ2n) is 6.23. The van der Waals surface area contributed by atoms with E-state index in [1.807, 2.05) is 11.3 Å². The highest BCUT2D eigenvalue weighted by Crippen LogP contribution is 2.42. The SMILES string of the molecule is c1ccc2c(c1)sc1c2ccc2c1c1ccccc1n2-c1ncncn1. The molecule has 0 saturated heterocycles. The topological polar surface area (TPSA) is 43.6 Å². The molecule has 0 N–H and O–H groups in total. The molecule has 6 rings (SSSR count). The lowest BCUT2D eigenvalue weighted by Gasteiger charge is -2.04. The third-order valence-electron chi connectivity index (χ3n) is 4.86. The molecule has 6 aromatic rings. The van der Waals surface area contributed by atoms with Crippen LogP contribution in [0.2, 0.25) is 0 Å². The summed E-state index contributed by atoms with van der Waals surface area (Å²) in [6.07, 6.45) is 3.09. The van der Waals surface area contributed by atoms with Gasteiger partial charge in [0.2, 0.25) is 5.95 Å². The number of aromatic nitrogens is 4. The van der Waals surface area contributed by atoms with Crippen LogP contribution in [0.1, 0.15) is 0 Å². The molecule has 0 aliphatic rings. The molecule has 122 valence electrons. The van der Waals surface area contributed by atoms with E-state index in [0.717, 1.165) is 11.0 Å². The summed E-state index contributed by atoms with van der Waals surface area (Å²) in [5, 5.41) is 5.10. The van der Waals surface area contributed by atoms with Gasteiger partial charge >= 0.3 is 0 Å². The first-order valence-corrected chi connectivity index (χ1v) is 9.19. The molecule has 3 heterocycles. The maximum absolute atomic E-state index is 4.39. The van der Waals surface area contributed by atoms with Gasteiger partial charge in [-0.3, -0.25) is 4.57 Å². The lowest BCUT2D eigenvalue weighted by molar-refractivity contribution is 0.940. The number of thiophene rings is 1. The highest BCUT2D eigenvalue weighted by molar-refractivity contribution is 7.26. The Bertz CT molecular complexity index is 1430. The summed E-state index contributed by atoms with van der Waals surface area (Å²) in [5.41, 5.74) is 2.23. The molecule has 26 heavy (non-hydrogen) atoms. The Morgan fingerprint density at radius 1 is 0.692 bits per heavy atom. The van der Waals surface area contributed by atoms with Gasteiger partial charge in [0.1, 0.15) is 12.7 Å². The summed E-state index contributed by atoms with van der Waals surface area (Å²) in [7, 11) is 0. The van der Waals surface area contributed by atoms with Gasteiger partial charge in [-0.25, -0.2) is 15.0 Å². The second kappa shape index (κ2) is 5.09. The normalized spacial score (nSPS) is 11.8. The predicted octanol–water partition coefficient (Wildman–Crippen LogP) is 5.34. The van der Waals surface area contributed by atoms with Crippen LogP contribution in [0.4, 0.5) is 0 Å². The van der Waals surface area contributed by atoms with Crippen LogP contribution < -0.4 is 0 Å². The highest BCUT2D eigenvalue weighted by atomic mass is 32.1. The van der Waals surface area contributed by atoms with Gasteiger partial charge in [-0.15, -0.1) is 11.3 Å². The van der Waals surface area contributed by atoms with Gasteiger partial charge in [-0.05, 0) is 18.2 Å². The van der Waals surface area contributed by atoms with Gasteiger partial charge in [0.15, 0.2) is 0 Å². The quantitative estimate of drug-likeness (QED) is 0.401. The third kappa shape index (κ3) is 1.75. The molecule has 0 amide bonds. The van der Waals surface area contributed by atoms with Crippen LogP contribution in [0.15, 0.2) is 73.3 Å². The zero-order valence-electron chi connectivity index (χ0n) is 13.6. The number of fused-ring (bicyclic) bond motifs is 7. The largest absolute Gasteiger partial charge is 0.278 e. The number of rotatable bonds is 1. The van der Waals surface area contributed by atoms with Crippen molar-refractivity contribution < 1.29 is 0 Å². The van der Waals surface area contributed by atoms with Gasteiger partial charge in [-0.2, -0.15) is 0 Å². The number of hydrogen-bond donors (Lipinski definition) is 0. The zero-order chi connectivity index (χ0) is 17.1. The van der Waals surface area contributed by atoms with Crippen LogP contribution in [0.3, 0.4) is 0 Å². The summed E-state index contributed by atoms with van der Waals surface area (Å²) < 4.78 is 4.75. The Balaban J connectivity index is 1.89. The van der Waals surface area contributed by atoms with E-state index in [-0.39, 0.29) is 0 Å². The average Bonchev–Trinajstić information content (AvgIpc) is 3.24. The average molecular weight is 352 g/mol. The Kier molecular flexibility index (Phi) is 2.73. The first kappa shape index (κ1) is 13.9. The summed E-state index contributed by atoms with van der Waals surface area (Å²) in [6.45, 7) is 0. The fraction of sp³-hybridized carbons (Fsp3) is 0. The molecule has 5 heteroatoms. The van der Waals surface area contributed by atoms with E-state index in [1.165, 1.54) is 30.9 Å². The van der Waals surface area contributed by atoms with E-state index in [0.29, 0.717) is 5.95 Å². The van der Waals surface area contributed by atoms with Crippen molar-refractivity contribution in [1.82, 2.24) is 19.5 Å². The molecule has 0 saturated carbocycles. The maximum atomic E-state index is 4.39. The van der Waals surface area contributed by atoms with E-state index in [9.17, 15) is 0 Å². The minimum atomic E-state index is 0.645. The Labute approximate surface area is 152 Å². The fourth-order valence-electron chi connectivity index (χ4n) is 3.80. The molecule has 0 atom stereocenters. The van der Waals surface area contributed by atoms with Crippen molar-refractivity contribution in [3.8, 4) is 5.95 Å². The highest BCUT2D eigenvalue weighted by Gasteiger charge is 2.17. The van der Waals surface area contributed by atoms with Gasteiger partial charge in [0.25, 0.3) is 0 Å². The molecule has 3 aromatic heterocycles. The van der Waals surface area contributed by atoms with Crippen molar-refractivity contribution in [1.29, 1.82) is 0 Å².